The molecule has 2 rings (SSSR count). The number of aromatic amines is 1. The fourth-order valence-electron chi connectivity index (χ4n) is 1.31. The first kappa shape index (κ1) is 11.5. The van der Waals surface area contributed by atoms with Crippen LogP contribution in [0, 0.1) is 0 Å². The number of nitrogens with zero attached hydrogens (tertiary/aromatic N) is 2. The van der Waals surface area contributed by atoms with Gasteiger partial charge in [0.2, 0.25) is 11.1 Å². The van der Waals surface area contributed by atoms with Crippen molar-refractivity contribution in [2.75, 3.05) is 5.73 Å². The van der Waals surface area contributed by atoms with Gasteiger partial charge in [-0.15, -0.1) is 5.10 Å². The van der Waals surface area contributed by atoms with E-state index in [4.69, 9.17) is 5.73 Å². The molecule has 0 unspecified atom stereocenters. The Hall–Kier alpha value is -2.02. The highest BCUT2D eigenvalue weighted by Gasteiger charge is 2.22. The second-order valence-electron chi connectivity index (χ2n) is 3.25. The van der Waals surface area contributed by atoms with Crippen LogP contribution in [0.5, 0.6) is 0 Å². The quantitative estimate of drug-likeness (QED) is 0.706. The maximum Gasteiger partial charge on any atom is 0.321 e. The fourth-order valence-corrected chi connectivity index (χ4v) is 2.16. The highest BCUT2D eigenvalue weighted by molar-refractivity contribution is 8.00. The number of carboxylic acid groups (broad SMARTS) is 1. The summed E-state index contributed by atoms with van der Waals surface area (Å²) in [6.45, 7) is 0. The zero-order valence-electron chi connectivity index (χ0n) is 8.70. The number of nitrogens with one attached hydrogen (secondary N) is 1. The van der Waals surface area contributed by atoms with Crippen LogP contribution in [0.2, 0.25) is 0 Å². The van der Waals surface area contributed by atoms with Crippen molar-refractivity contribution in [3.05, 3.63) is 35.9 Å². The predicted octanol–water partition coefficient (Wildman–Crippen LogP) is 1.30. The molecular weight excluding hydrogens is 240 g/mol. The van der Waals surface area contributed by atoms with E-state index in [9.17, 15) is 9.90 Å². The van der Waals surface area contributed by atoms with Crippen LogP contribution < -0.4 is 5.73 Å². The molecule has 1 atom stereocenters. The molecule has 0 radical (unpaired) electrons. The highest BCUT2D eigenvalue weighted by Crippen LogP contribution is 2.33. The first-order valence-electron chi connectivity index (χ1n) is 4.79. The van der Waals surface area contributed by atoms with E-state index in [2.05, 4.69) is 15.2 Å². The Morgan fingerprint density at radius 3 is 2.65 bits per heavy atom. The van der Waals surface area contributed by atoms with E-state index in [1.807, 2.05) is 6.07 Å². The van der Waals surface area contributed by atoms with Crippen molar-refractivity contribution in [1.82, 2.24) is 15.2 Å². The smallest absolute Gasteiger partial charge is 0.321 e. The summed E-state index contributed by atoms with van der Waals surface area (Å²) in [6.07, 6.45) is 0. The first-order chi connectivity index (χ1) is 8.16. The standard InChI is InChI=1S/C10H10N4O2S/c11-9-12-10(14-13-9)17-7(8(15)16)6-4-2-1-3-5-6/h1-5,7H,(H,15,16)(H3,11,12,13,14)/t7-/m1/s1. The van der Waals surface area contributed by atoms with Crippen LogP contribution in [0.1, 0.15) is 10.8 Å². The van der Waals surface area contributed by atoms with Crippen molar-refractivity contribution >= 4 is 23.7 Å². The number of benzene rings is 1. The van der Waals surface area contributed by atoms with Crippen LogP contribution in [-0.4, -0.2) is 26.3 Å². The zero-order chi connectivity index (χ0) is 12.3. The molecule has 7 heteroatoms. The molecule has 1 heterocycles. The average molecular weight is 250 g/mol. The van der Waals surface area contributed by atoms with Crippen molar-refractivity contribution in [2.45, 2.75) is 10.4 Å². The lowest BCUT2D eigenvalue weighted by Crippen LogP contribution is -2.08. The molecule has 1 aromatic heterocycles. The van der Waals surface area contributed by atoms with Crippen LogP contribution in [0.4, 0.5) is 5.95 Å². The van der Waals surface area contributed by atoms with E-state index in [0.717, 1.165) is 11.8 Å². The van der Waals surface area contributed by atoms with Gasteiger partial charge in [0.05, 0.1) is 0 Å². The number of nitrogens with two attached hydrogens (primary N) is 1. The minimum Gasteiger partial charge on any atom is -0.480 e. The highest BCUT2D eigenvalue weighted by atomic mass is 32.2. The summed E-state index contributed by atoms with van der Waals surface area (Å²) in [5.41, 5.74) is 6.07. The maximum atomic E-state index is 11.2. The molecule has 6 nitrogen and oxygen atoms in total. The molecule has 0 spiro atoms. The molecule has 0 saturated heterocycles. The van der Waals surface area contributed by atoms with E-state index < -0.39 is 11.2 Å². The van der Waals surface area contributed by atoms with E-state index in [1.54, 1.807) is 24.3 Å². The van der Waals surface area contributed by atoms with Crippen LogP contribution in [0.25, 0.3) is 0 Å². The third-order valence-corrected chi connectivity index (χ3v) is 3.13. The van der Waals surface area contributed by atoms with Gasteiger partial charge in [0.25, 0.3) is 0 Å². The number of H-pyrrole nitrogens is 1. The van der Waals surface area contributed by atoms with Crippen molar-refractivity contribution < 1.29 is 9.90 Å². The largest absolute Gasteiger partial charge is 0.480 e. The molecule has 17 heavy (non-hydrogen) atoms. The van der Waals surface area contributed by atoms with E-state index in [0.29, 0.717) is 10.7 Å². The second-order valence-corrected chi connectivity index (χ2v) is 4.32. The summed E-state index contributed by atoms with van der Waals surface area (Å²) in [4.78, 5) is 15.1. The number of carboxylic acids is 1. The number of thioether (sulfide) groups is 1. The van der Waals surface area contributed by atoms with Crippen molar-refractivity contribution in [3.63, 3.8) is 0 Å². The molecule has 0 aliphatic rings. The summed E-state index contributed by atoms with van der Waals surface area (Å²) >= 11 is 1.04. The van der Waals surface area contributed by atoms with Crippen LogP contribution in [-0.2, 0) is 4.79 Å². The van der Waals surface area contributed by atoms with Gasteiger partial charge in [0, 0.05) is 0 Å². The van der Waals surface area contributed by atoms with Gasteiger partial charge in [-0.3, -0.25) is 4.79 Å². The number of rotatable bonds is 4. The Labute approximate surface area is 101 Å². The topological polar surface area (TPSA) is 105 Å². The molecule has 0 aliphatic carbocycles. The number of aliphatic carboxylic acids is 1. The number of hydrogen-bond acceptors (Lipinski definition) is 5. The van der Waals surface area contributed by atoms with Gasteiger partial charge in [0.15, 0.2) is 0 Å². The average Bonchev–Trinajstić information content (AvgIpc) is 2.73. The van der Waals surface area contributed by atoms with Gasteiger partial charge in [-0.2, -0.15) is 4.98 Å². The molecule has 0 amide bonds. The Kier molecular flexibility index (Phi) is 3.29. The Morgan fingerprint density at radius 2 is 2.12 bits per heavy atom. The number of aromatic nitrogens is 3. The number of carbonyl (C=O) groups is 1. The molecule has 0 bridgehead atoms. The lowest BCUT2D eigenvalue weighted by atomic mass is 10.1. The Balaban J connectivity index is 2.22. The summed E-state index contributed by atoms with van der Waals surface area (Å²) in [5.74, 6) is -0.769. The zero-order valence-corrected chi connectivity index (χ0v) is 9.52. The van der Waals surface area contributed by atoms with Crippen molar-refractivity contribution in [1.29, 1.82) is 0 Å². The van der Waals surface area contributed by atoms with Gasteiger partial charge < -0.3 is 10.8 Å². The van der Waals surface area contributed by atoms with Gasteiger partial charge >= 0.3 is 5.97 Å². The van der Waals surface area contributed by atoms with Crippen molar-refractivity contribution in [2.24, 2.45) is 0 Å². The number of anilines is 1. The molecule has 88 valence electrons. The lowest BCUT2D eigenvalue weighted by Gasteiger charge is -2.09. The summed E-state index contributed by atoms with van der Waals surface area (Å²) < 4.78 is 0. The summed E-state index contributed by atoms with van der Waals surface area (Å²) in [6, 6.07) is 8.91. The third-order valence-electron chi connectivity index (χ3n) is 2.03. The SMILES string of the molecule is Nc1nc(S[C@@H](C(=O)O)c2ccccc2)n[nH]1. The van der Waals surface area contributed by atoms with Gasteiger partial charge in [0.1, 0.15) is 5.25 Å². The molecule has 4 N–H and O–H groups in total. The Morgan fingerprint density at radius 1 is 1.41 bits per heavy atom. The van der Waals surface area contributed by atoms with Crippen LogP contribution >= 0.6 is 11.8 Å². The molecule has 1 aromatic carbocycles. The first-order valence-corrected chi connectivity index (χ1v) is 5.67. The summed E-state index contributed by atoms with van der Waals surface area (Å²) in [7, 11) is 0. The van der Waals surface area contributed by atoms with Crippen molar-refractivity contribution in [3.8, 4) is 0 Å². The molecular formula is C10H10N4O2S. The molecule has 0 saturated carbocycles. The third kappa shape index (κ3) is 2.76. The normalized spacial score (nSPS) is 12.2. The minimum atomic E-state index is -0.940. The Bertz CT molecular complexity index is 514. The van der Waals surface area contributed by atoms with Crippen LogP contribution in [0.15, 0.2) is 35.5 Å². The van der Waals surface area contributed by atoms with Gasteiger partial charge in [-0.25, -0.2) is 5.10 Å². The fraction of sp³-hybridized carbons (Fsp3) is 0.100. The van der Waals surface area contributed by atoms with E-state index in [-0.39, 0.29) is 5.95 Å². The van der Waals surface area contributed by atoms with Crippen LogP contribution in [0.3, 0.4) is 0 Å². The predicted molar refractivity (Wildman–Crippen MR) is 63.5 cm³/mol. The number of nitrogen functional groups attached to an aromatic ring is 1. The monoisotopic (exact) mass is 250 g/mol. The van der Waals surface area contributed by atoms with E-state index >= 15 is 0 Å². The van der Waals surface area contributed by atoms with E-state index in [1.165, 1.54) is 0 Å². The number of hydrogen-bond donors (Lipinski definition) is 3. The summed E-state index contributed by atoms with van der Waals surface area (Å²) in [5, 5.41) is 15.0. The maximum absolute atomic E-state index is 11.2. The lowest BCUT2D eigenvalue weighted by molar-refractivity contribution is -0.136. The molecule has 0 aliphatic heterocycles. The second kappa shape index (κ2) is 4.88. The van der Waals surface area contributed by atoms with Gasteiger partial charge in [-0.05, 0) is 5.56 Å². The van der Waals surface area contributed by atoms with Gasteiger partial charge in [-0.1, -0.05) is 42.1 Å². The molecule has 0 fully saturated rings. The molecule has 2 aromatic rings. The minimum absolute atomic E-state index is 0.171.